The number of fused-ring (bicyclic) bond motifs is 1. The van der Waals surface area contributed by atoms with Gasteiger partial charge in [-0.3, -0.25) is 0 Å². The molecule has 3 heteroatoms. The monoisotopic (exact) mass is 267 g/mol. The number of nitrogens with two attached hydrogens (primary N) is 1. The second kappa shape index (κ2) is 4.85. The largest absolute Gasteiger partial charge is 0.497 e. The maximum atomic E-state index is 13.5. The Morgan fingerprint density at radius 2 is 1.50 bits per heavy atom. The first-order chi connectivity index (χ1) is 9.67. The van der Waals surface area contributed by atoms with Crippen LogP contribution in [-0.2, 0) is 0 Å². The lowest BCUT2D eigenvalue weighted by Gasteiger charge is -2.07. The molecule has 0 fully saturated rings. The topological polar surface area (TPSA) is 35.2 Å². The summed E-state index contributed by atoms with van der Waals surface area (Å²) in [6, 6.07) is 16.7. The normalized spacial score (nSPS) is 10.7. The lowest BCUT2D eigenvalue weighted by Crippen LogP contribution is -1.90. The van der Waals surface area contributed by atoms with E-state index in [4.69, 9.17) is 10.5 Å². The lowest BCUT2D eigenvalue weighted by molar-refractivity contribution is 0.415. The van der Waals surface area contributed by atoms with Gasteiger partial charge < -0.3 is 10.5 Å². The fourth-order valence-electron chi connectivity index (χ4n) is 2.24. The van der Waals surface area contributed by atoms with Gasteiger partial charge in [-0.15, -0.1) is 0 Å². The SMILES string of the molecule is COc1ccc2cc(-c3ccc(N)c(F)c3)ccc2c1. The van der Waals surface area contributed by atoms with E-state index in [0.717, 1.165) is 27.6 Å². The summed E-state index contributed by atoms with van der Waals surface area (Å²) in [5.41, 5.74) is 7.44. The van der Waals surface area contributed by atoms with Gasteiger partial charge in [-0.2, -0.15) is 0 Å². The first-order valence-corrected chi connectivity index (χ1v) is 6.30. The summed E-state index contributed by atoms with van der Waals surface area (Å²) in [7, 11) is 1.65. The van der Waals surface area contributed by atoms with E-state index in [1.807, 2.05) is 42.5 Å². The van der Waals surface area contributed by atoms with Crippen LogP contribution in [0.2, 0.25) is 0 Å². The Morgan fingerprint density at radius 1 is 0.850 bits per heavy atom. The molecule has 0 aromatic heterocycles. The fraction of sp³-hybridized carbons (Fsp3) is 0.0588. The zero-order valence-corrected chi connectivity index (χ0v) is 11.1. The van der Waals surface area contributed by atoms with Crippen molar-refractivity contribution in [1.29, 1.82) is 0 Å². The van der Waals surface area contributed by atoms with Gasteiger partial charge in [0.25, 0.3) is 0 Å². The van der Waals surface area contributed by atoms with Crippen LogP contribution in [0, 0.1) is 5.82 Å². The van der Waals surface area contributed by atoms with Crippen molar-refractivity contribution >= 4 is 16.5 Å². The van der Waals surface area contributed by atoms with Gasteiger partial charge in [-0.05, 0) is 52.2 Å². The van der Waals surface area contributed by atoms with Crippen molar-refractivity contribution < 1.29 is 9.13 Å². The van der Waals surface area contributed by atoms with Crippen molar-refractivity contribution in [3.05, 3.63) is 60.4 Å². The minimum Gasteiger partial charge on any atom is -0.497 e. The highest BCUT2D eigenvalue weighted by molar-refractivity contribution is 5.88. The Morgan fingerprint density at radius 3 is 2.25 bits per heavy atom. The molecular weight excluding hydrogens is 253 g/mol. The van der Waals surface area contributed by atoms with Crippen LogP contribution in [-0.4, -0.2) is 7.11 Å². The molecule has 2 nitrogen and oxygen atoms in total. The summed E-state index contributed by atoms with van der Waals surface area (Å²) in [6.07, 6.45) is 0. The van der Waals surface area contributed by atoms with Crippen molar-refractivity contribution in [2.45, 2.75) is 0 Å². The number of benzene rings is 3. The van der Waals surface area contributed by atoms with Crippen LogP contribution in [0.3, 0.4) is 0 Å². The summed E-state index contributed by atoms with van der Waals surface area (Å²) < 4.78 is 18.7. The molecule has 0 bridgehead atoms. The molecule has 3 aromatic carbocycles. The van der Waals surface area contributed by atoms with Gasteiger partial charge in [0.2, 0.25) is 0 Å². The molecule has 100 valence electrons. The third kappa shape index (κ3) is 2.18. The third-order valence-corrected chi connectivity index (χ3v) is 3.38. The van der Waals surface area contributed by atoms with E-state index in [1.54, 1.807) is 13.2 Å². The Bertz CT molecular complexity index is 783. The Hall–Kier alpha value is -2.55. The van der Waals surface area contributed by atoms with E-state index in [2.05, 4.69) is 0 Å². The average molecular weight is 267 g/mol. The average Bonchev–Trinajstić information content (AvgIpc) is 2.49. The molecule has 0 heterocycles. The van der Waals surface area contributed by atoms with Crippen LogP contribution in [0.5, 0.6) is 5.75 Å². The smallest absolute Gasteiger partial charge is 0.146 e. The van der Waals surface area contributed by atoms with Gasteiger partial charge in [-0.25, -0.2) is 4.39 Å². The van der Waals surface area contributed by atoms with Crippen molar-refractivity contribution in [2.24, 2.45) is 0 Å². The van der Waals surface area contributed by atoms with Gasteiger partial charge in [0, 0.05) is 0 Å². The zero-order chi connectivity index (χ0) is 14.1. The quantitative estimate of drug-likeness (QED) is 0.705. The van der Waals surface area contributed by atoms with E-state index >= 15 is 0 Å². The summed E-state index contributed by atoms with van der Waals surface area (Å²) in [5, 5.41) is 2.17. The van der Waals surface area contributed by atoms with Gasteiger partial charge in [0.05, 0.1) is 12.8 Å². The number of ether oxygens (including phenoxy) is 1. The molecule has 0 saturated carbocycles. The van der Waals surface area contributed by atoms with E-state index in [9.17, 15) is 4.39 Å². The first-order valence-electron chi connectivity index (χ1n) is 6.30. The predicted molar refractivity (Wildman–Crippen MR) is 80.3 cm³/mol. The van der Waals surface area contributed by atoms with Crippen LogP contribution >= 0.6 is 0 Å². The maximum Gasteiger partial charge on any atom is 0.146 e. The molecule has 2 N–H and O–H groups in total. The minimum absolute atomic E-state index is 0.166. The fourth-order valence-corrected chi connectivity index (χ4v) is 2.24. The lowest BCUT2D eigenvalue weighted by atomic mass is 10.0. The molecule has 3 rings (SSSR count). The summed E-state index contributed by atoms with van der Waals surface area (Å²) in [4.78, 5) is 0. The van der Waals surface area contributed by atoms with Crippen molar-refractivity contribution in [3.63, 3.8) is 0 Å². The Balaban J connectivity index is 2.10. The summed E-state index contributed by atoms with van der Waals surface area (Å²) >= 11 is 0. The van der Waals surface area contributed by atoms with Gasteiger partial charge in [-0.1, -0.05) is 24.3 Å². The number of rotatable bonds is 2. The highest BCUT2D eigenvalue weighted by atomic mass is 19.1. The molecular formula is C17H14FNO. The molecule has 0 atom stereocenters. The summed E-state index contributed by atoms with van der Waals surface area (Å²) in [6.45, 7) is 0. The second-order valence-corrected chi connectivity index (χ2v) is 4.66. The number of methoxy groups -OCH3 is 1. The minimum atomic E-state index is -0.391. The van der Waals surface area contributed by atoms with Gasteiger partial charge in [0.1, 0.15) is 11.6 Å². The Kier molecular flexibility index (Phi) is 3.03. The molecule has 0 aliphatic heterocycles. The van der Waals surface area contributed by atoms with Gasteiger partial charge >= 0.3 is 0 Å². The molecule has 3 aromatic rings. The number of anilines is 1. The van der Waals surface area contributed by atoms with Crippen LogP contribution in [0.4, 0.5) is 10.1 Å². The van der Waals surface area contributed by atoms with Crippen LogP contribution < -0.4 is 10.5 Å². The summed E-state index contributed by atoms with van der Waals surface area (Å²) in [5.74, 6) is 0.432. The van der Waals surface area contributed by atoms with Crippen LogP contribution in [0.25, 0.3) is 21.9 Å². The first kappa shape index (κ1) is 12.5. The number of hydrogen-bond donors (Lipinski definition) is 1. The molecule has 0 aliphatic rings. The van der Waals surface area contributed by atoms with Crippen molar-refractivity contribution in [2.75, 3.05) is 12.8 Å². The Labute approximate surface area is 116 Å². The molecule has 20 heavy (non-hydrogen) atoms. The van der Waals surface area contributed by atoms with E-state index in [1.165, 1.54) is 6.07 Å². The third-order valence-electron chi connectivity index (χ3n) is 3.38. The molecule has 0 radical (unpaired) electrons. The molecule has 0 unspecified atom stereocenters. The molecule has 0 saturated heterocycles. The zero-order valence-electron chi connectivity index (χ0n) is 11.1. The van der Waals surface area contributed by atoms with Crippen molar-refractivity contribution in [1.82, 2.24) is 0 Å². The highest BCUT2D eigenvalue weighted by Gasteiger charge is 2.04. The van der Waals surface area contributed by atoms with Crippen molar-refractivity contribution in [3.8, 4) is 16.9 Å². The second-order valence-electron chi connectivity index (χ2n) is 4.66. The number of halogens is 1. The van der Waals surface area contributed by atoms with Gasteiger partial charge in [0.15, 0.2) is 0 Å². The van der Waals surface area contributed by atoms with E-state index in [0.29, 0.717) is 0 Å². The number of hydrogen-bond acceptors (Lipinski definition) is 2. The highest BCUT2D eigenvalue weighted by Crippen LogP contribution is 2.28. The molecule has 0 aliphatic carbocycles. The standard InChI is InChI=1S/C17H14FNO/c1-20-15-6-4-12-8-11(2-3-13(12)9-15)14-5-7-17(19)16(18)10-14/h2-10H,19H2,1H3. The maximum absolute atomic E-state index is 13.5. The van der Waals surface area contributed by atoms with Crippen LogP contribution in [0.1, 0.15) is 0 Å². The van der Waals surface area contributed by atoms with E-state index < -0.39 is 5.82 Å². The van der Waals surface area contributed by atoms with E-state index in [-0.39, 0.29) is 5.69 Å². The van der Waals surface area contributed by atoms with Crippen LogP contribution in [0.15, 0.2) is 54.6 Å². The molecule has 0 spiro atoms. The molecule has 0 amide bonds. The predicted octanol–water partition coefficient (Wildman–Crippen LogP) is 4.24. The number of nitrogen functional groups attached to an aromatic ring is 1.